The van der Waals surface area contributed by atoms with E-state index < -0.39 is 5.97 Å². The lowest BCUT2D eigenvalue weighted by Crippen LogP contribution is -2.40. The number of carbonyl (C=O) groups excluding carboxylic acids is 2. The summed E-state index contributed by atoms with van der Waals surface area (Å²) in [6, 6.07) is 14.0. The van der Waals surface area contributed by atoms with Gasteiger partial charge in [-0.2, -0.15) is 0 Å². The van der Waals surface area contributed by atoms with Crippen LogP contribution in [0.15, 0.2) is 48.5 Å². The predicted octanol–water partition coefficient (Wildman–Crippen LogP) is 5.84. The molecule has 1 unspecified atom stereocenters. The van der Waals surface area contributed by atoms with Crippen molar-refractivity contribution in [2.75, 3.05) is 26.4 Å². The van der Waals surface area contributed by atoms with Crippen molar-refractivity contribution in [2.45, 2.75) is 67.2 Å². The average Bonchev–Trinajstić information content (AvgIpc) is 2.89. The molecule has 1 saturated heterocycles. The van der Waals surface area contributed by atoms with Gasteiger partial charge in [0.05, 0.1) is 24.7 Å². The van der Waals surface area contributed by atoms with E-state index in [2.05, 4.69) is 41.5 Å². The molecule has 0 amide bonds. The lowest BCUT2D eigenvalue weighted by atomic mass is 9.72. The van der Waals surface area contributed by atoms with Crippen molar-refractivity contribution in [2.24, 2.45) is 16.7 Å². The van der Waals surface area contributed by atoms with E-state index in [1.807, 2.05) is 12.1 Å². The number of ether oxygens (including phenoxy) is 3. The van der Waals surface area contributed by atoms with Crippen molar-refractivity contribution in [3.8, 4) is 11.5 Å². The number of benzene rings is 2. The number of unbranched alkanes of at least 4 members (excludes halogenated alkanes) is 1. The quantitative estimate of drug-likeness (QED) is 0.154. The molecule has 0 N–H and O–H groups in total. The maximum Gasteiger partial charge on any atom is 0.493 e. The first-order valence-electron chi connectivity index (χ1n) is 13.9. The van der Waals surface area contributed by atoms with Gasteiger partial charge in [0.25, 0.3) is 0 Å². The minimum atomic E-state index is -0.443. The van der Waals surface area contributed by atoms with Gasteiger partial charge >= 0.3 is 19.1 Å². The fourth-order valence-electron chi connectivity index (χ4n) is 4.25. The third-order valence-corrected chi connectivity index (χ3v) is 6.48. The lowest BCUT2D eigenvalue weighted by Gasteiger charge is -2.33. The topological polar surface area (TPSA) is 80.3 Å². The van der Waals surface area contributed by atoms with Crippen molar-refractivity contribution in [3.63, 3.8) is 0 Å². The molecule has 0 aromatic heterocycles. The summed E-state index contributed by atoms with van der Waals surface area (Å²) in [6.07, 6.45) is 3.16. The SMILES string of the molecule is CC(C)(C)CC(C(=O)OCCCCOc1ccc(C(=O)Oc2ccc(B3OCCCO3)cc2)cc1)C(C)(C)C. The van der Waals surface area contributed by atoms with Crippen LogP contribution in [0.2, 0.25) is 0 Å². The van der Waals surface area contributed by atoms with Crippen LogP contribution < -0.4 is 14.9 Å². The number of hydrogen-bond acceptors (Lipinski definition) is 7. The van der Waals surface area contributed by atoms with Crippen molar-refractivity contribution in [1.29, 1.82) is 0 Å². The molecule has 1 heterocycles. The van der Waals surface area contributed by atoms with Crippen molar-refractivity contribution < 1.29 is 33.1 Å². The van der Waals surface area contributed by atoms with Gasteiger partial charge in [-0.15, -0.1) is 0 Å². The Morgan fingerprint density at radius 2 is 1.44 bits per heavy atom. The van der Waals surface area contributed by atoms with Crippen LogP contribution in [-0.4, -0.2) is 45.5 Å². The van der Waals surface area contributed by atoms with Crippen molar-refractivity contribution in [3.05, 3.63) is 54.1 Å². The third-order valence-electron chi connectivity index (χ3n) is 6.48. The van der Waals surface area contributed by atoms with E-state index in [9.17, 15) is 9.59 Å². The zero-order valence-corrected chi connectivity index (χ0v) is 24.3. The van der Waals surface area contributed by atoms with Crippen LogP contribution in [0.3, 0.4) is 0 Å². The van der Waals surface area contributed by atoms with E-state index in [4.69, 9.17) is 23.5 Å². The Bertz CT molecular complexity index is 1050. The molecule has 3 rings (SSSR count). The van der Waals surface area contributed by atoms with Crippen LogP contribution >= 0.6 is 0 Å². The first-order valence-corrected chi connectivity index (χ1v) is 13.9. The van der Waals surface area contributed by atoms with E-state index in [1.165, 1.54) is 0 Å². The monoisotopic (exact) mass is 538 g/mol. The van der Waals surface area contributed by atoms with Gasteiger partial charge in [0, 0.05) is 13.2 Å². The van der Waals surface area contributed by atoms with Crippen LogP contribution in [0.1, 0.15) is 77.6 Å². The van der Waals surface area contributed by atoms with Crippen LogP contribution in [0.5, 0.6) is 11.5 Å². The highest BCUT2D eigenvalue weighted by atomic mass is 16.6. The fourth-order valence-corrected chi connectivity index (χ4v) is 4.25. The first kappa shape index (κ1) is 30.7. The minimum Gasteiger partial charge on any atom is -0.494 e. The third kappa shape index (κ3) is 10.3. The molecule has 0 radical (unpaired) electrons. The van der Waals surface area contributed by atoms with Gasteiger partial charge in [-0.05, 0) is 78.4 Å². The van der Waals surface area contributed by atoms with Gasteiger partial charge in [-0.3, -0.25) is 4.79 Å². The van der Waals surface area contributed by atoms with E-state index >= 15 is 0 Å². The molecule has 1 aliphatic heterocycles. The zero-order chi connectivity index (χ0) is 28.5. The van der Waals surface area contributed by atoms with Crippen molar-refractivity contribution in [1.82, 2.24) is 0 Å². The number of esters is 2. The lowest BCUT2D eigenvalue weighted by molar-refractivity contribution is -0.154. The van der Waals surface area contributed by atoms with E-state index in [0.29, 0.717) is 43.5 Å². The second kappa shape index (κ2) is 14.0. The standard InChI is InChI=1S/C31H43BO7/c1-30(2,3)22-27(31(4,5)6)29(34)36-19-8-7-18-35-25-14-10-23(11-15-25)28(33)39-26-16-12-24(13-17-26)32-37-20-9-21-38-32/h10-17,27H,7-9,18-22H2,1-6H3. The smallest absolute Gasteiger partial charge is 0.493 e. The summed E-state index contributed by atoms with van der Waals surface area (Å²) in [4.78, 5) is 25.2. The van der Waals surface area contributed by atoms with Crippen LogP contribution in [0.25, 0.3) is 0 Å². The summed E-state index contributed by atoms with van der Waals surface area (Å²) in [7, 11) is -0.370. The Labute approximate surface area is 233 Å². The molecule has 0 saturated carbocycles. The van der Waals surface area contributed by atoms with Gasteiger partial charge in [0.15, 0.2) is 0 Å². The summed E-state index contributed by atoms with van der Waals surface area (Å²) >= 11 is 0. The molecule has 1 atom stereocenters. The number of carbonyl (C=O) groups is 2. The molecule has 8 heteroatoms. The Balaban J connectivity index is 1.37. The van der Waals surface area contributed by atoms with Crippen molar-refractivity contribution >= 4 is 24.5 Å². The maximum atomic E-state index is 12.7. The highest BCUT2D eigenvalue weighted by molar-refractivity contribution is 6.61. The molecule has 212 valence electrons. The van der Waals surface area contributed by atoms with E-state index in [1.54, 1.807) is 36.4 Å². The molecule has 39 heavy (non-hydrogen) atoms. The second-order valence-corrected chi connectivity index (χ2v) is 12.3. The fraction of sp³-hybridized carbons (Fsp3) is 0.548. The Morgan fingerprint density at radius 1 is 0.846 bits per heavy atom. The predicted molar refractivity (Wildman–Crippen MR) is 152 cm³/mol. The Kier molecular flexibility index (Phi) is 11.0. The van der Waals surface area contributed by atoms with Gasteiger partial charge in [-0.1, -0.05) is 53.7 Å². The van der Waals surface area contributed by atoms with Crippen LogP contribution in [0.4, 0.5) is 0 Å². The molecule has 1 aliphatic rings. The second-order valence-electron chi connectivity index (χ2n) is 12.3. The Morgan fingerprint density at radius 3 is 2.03 bits per heavy atom. The summed E-state index contributed by atoms with van der Waals surface area (Å²) in [5.41, 5.74) is 1.24. The van der Waals surface area contributed by atoms with E-state index in [-0.39, 0.29) is 29.8 Å². The first-order chi connectivity index (χ1) is 18.4. The Hall–Kier alpha value is -2.84. The highest BCUT2D eigenvalue weighted by Crippen LogP contribution is 2.36. The molecule has 0 bridgehead atoms. The van der Waals surface area contributed by atoms with Crippen LogP contribution in [-0.2, 0) is 18.8 Å². The van der Waals surface area contributed by atoms with E-state index in [0.717, 1.165) is 31.1 Å². The molecule has 2 aromatic rings. The normalized spacial score (nSPS) is 15.0. The molecule has 0 aliphatic carbocycles. The number of rotatable bonds is 11. The molecule has 1 fully saturated rings. The highest BCUT2D eigenvalue weighted by Gasteiger charge is 2.35. The summed E-state index contributed by atoms with van der Waals surface area (Å²) < 4.78 is 28.1. The molecular formula is C31H43BO7. The number of hydrogen-bond donors (Lipinski definition) is 0. The molecule has 0 spiro atoms. The minimum absolute atomic E-state index is 0.0581. The summed E-state index contributed by atoms with van der Waals surface area (Å²) in [6.45, 7) is 14.9. The average molecular weight is 538 g/mol. The van der Waals surface area contributed by atoms with Crippen LogP contribution in [0, 0.1) is 16.7 Å². The maximum absolute atomic E-state index is 12.7. The largest absolute Gasteiger partial charge is 0.494 e. The zero-order valence-electron chi connectivity index (χ0n) is 24.3. The summed E-state index contributed by atoms with van der Waals surface area (Å²) in [5, 5.41) is 0. The van der Waals surface area contributed by atoms with Gasteiger partial charge in [-0.25, -0.2) is 4.79 Å². The molecular weight excluding hydrogens is 495 g/mol. The molecule has 7 nitrogen and oxygen atoms in total. The van der Waals surface area contributed by atoms with Gasteiger partial charge in [0.1, 0.15) is 11.5 Å². The van der Waals surface area contributed by atoms with Gasteiger partial charge < -0.3 is 23.5 Å². The van der Waals surface area contributed by atoms with Gasteiger partial charge in [0.2, 0.25) is 0 Å². The molecule has 2 aromatic carbocycles. The summed E-state index contributed by atoms with van der Waals surface area (Å²) in [5.74, 6) is 0.417.